The van der Waals surface area contributed by atoms with E-state index in [1.54, 1.807) is 11.9 Å². The molecule has 3 aromatic carbocycles. The van der Waals surface area contributed by atoms with E-state index in [2.05, 4.69) is 88.9 Å². The van der Waals surface area contributed by atoms with Crippen molar-refractivity contribution in [1.29, 1.82) is 5.26 Å². The van der Waals surface area contributed by atoms with Crippen molar-refractivity contribution >= 4 is 17.5 Å². The summed E-state index contributed by atoms with van der Waals surface area (Å²) in [6.45, 7) is 9.08. The van der Waals surface area contributed by atoms with Gasteiger partial charge in [-0.05, 0) is 92.0 Å². The maximum Gasteiger partial charge on any atom is 0.251 e. The highest BCUT2D eigenvalue weighted by Gasteiger charge is 2.45. The molecule has 3 atom stereocenters. The smallest absolute Gasteiger partial charge is 0.251 e. The molecule has 2 unspecified atom stereocenters. The molecular formula is C39H44N8O2. The third-order valence-electron chi connectivity index (χ3n) is 10.1. The SMILES string of the molecule is C=C(NC)c1ccc2c(c1)CCc1cc(C(=O)NC)ccc1C2(C[C@@H](C)NCC(=O)N1CCCC1C#N)c1nnc(-c2ccc(C)cc2)[nH]1. The molecule has 0 bridgehead atoms. The van der Waals surface area contributed by atoms with Crippen molar-refractivity contribution in [3.05, 3.63) is 112 Å². The maximum atomic E-state index is 13.3. The molecule has 10 nitrogen and oxygen atoms in total. The van der Waals surface area contributed by atoms with Crippen LogP contribution in [0.5, 0.6) is 0 Å². The molecule has 4 aromatic rings. The highest BCUT2D eigenvalue weighted by atomic mass is 16.2. The number of carbonyl (C=O) groups is 2. The van der Waals surface area contributed by atoms with Crippen LogP contribution in [0.25, 0.3) is 17.1 Å². The number of H-pyrrole nitrogens is 1. The predicted molar refractivity (Wildman–Crippen MR) is 191 cm³/mol. The van der Waals surface area contributed by atoms with Crippen LogP contribution >= 0.6 is 0 Å². The monoisotopic (exact) mass is 656 g/mol. The van der Waals surface area contributed by atoms with E-state index in [0.29, 0.717) is 43.0 Å². The van der Waals surface area contributed by atoms with E-state index in [1.165, 1.54) is 0 Å². The van der Waals surface area contributed by atoms with Gasteiger partial charge >= 0.3 is 0 Å². The molecule has 252 valence electrons. The van der Waals surface area contributed by atoms with Gasteiger partial charge in [-0.1, -0.05) is 54.6 Å². The van der Waals surface area contributed by atoms with Gasteiger partial charge in [0.05, 0.1) is 18.0 Å². The minimum Gasteiger partial charge on any atom is -0.388 e. The number of fused-ring (bicyclic) bond motifs is 2. The van der Waals surface area contributed by atoms with Gasteiger partial charge < -0.3 is 25.8 Å². The van der Waals surface area contributed by atoms with Crippen LogP contribution in [0.2, 0.25) is 0 Å². The topological polar surface area (TPSA) is 139 Å². The molecule has 2 heterocycles. The van der Waals surface area contributed by atoms with Gasteiger partial charge in [0.2, 0.25) is 5.91 Å². The molecule has 1 aromatic heterocycles. The first-order chi connectivity index (χ1) is 23.7. The van der Waals surface area contributed by atoms with Crippen molar-refractivity contribution in [1.82, 2.24) is 36.0 Å². The first-order valence-electron chi connectivity index (χ1n) is 17.0. The van der Waals surface area contributed by atoms with Crippen molar-refractivity contribution in [2.45, 2.75) is 63.5 Å². The molecule has 1 aliphatic heterocycles. The van der Waals surface area contributed by atoms with E-state index in [4.69, 9.17) is 5.10 Å². The normalized spacial score (nSPS) is 18.8. The van der Waals surface area contributed by atoms with Gasteiger partial charge in [-0.25, -0.2) is 0 Å². The molecule has 2 amide bonds. The second kappa shape index (κ2) is 14.1. The van der Waals surface area contributed by atoms with Crippen LogP contribution < -0.4 is 16.0 Å². The Morgan fingerprint density at radius 2 is 1.69 bits per heavy atom. The Kier molecular flexibility index (Phi) is 9.65. The molecule has 0 saturated carbocycles. The number of amides is 2. The summed E-state index contributed by atoms with van der Waals surface area (Å²) in [6, 6.07) is 22.3. The van der Waals surface area contributed by atoms with Crippen LogP contribution in [0.1, 0.15) is 75.7 Å². The number of hydrogen-bond donors (Lipinski definition) is 4. The van der Waals surface area contributed by atoms with E-state index in [-0.39, 0.29) is 30.4 Å². The summed E-state index contributed by atoms with van der Waals surface area (Å²) in [5, 5.41) is 28.6. The fraction of sp³-hybridized carbons (Fsp3) is 0.359. The van der Waals surface area contributed by atoms with Gasteiger partial charge in [0.25, 0.3) is 5.91 Å². The first kappa shape index (κ1) is 33.6. The fourth-order valence-electron chi connectivity index (χ4n) is 7.43. The molecule has 10 heteroatoms. The zero-order chi connectivity index (χ0) is 34.7. The Morgan fingerprint density at radius 1 is 1.02 bits per heavy atom. The van der Waals surface area contributed by atoms with Gasteiger partial charge in [-0.3, -0.25) is 9.59 Å². The van der Waals surface area contributed by atoms with E-state index < -0.39 is 5.41 Å². The number of nitrogens with one attached hydrogen (secondary N) is 4. The fourth-order valence-corrected chi connectivity index (χ4v) is 7.43. The Labute approximate surface area is 288 Å². The minimum atomic E-state index is -0.823. The summed E-state index contributed by atoms with van der Waals surface area (Å²) in [5.41, 5.74) is 8.00. The van der Waals surface area contributed by atoms with Crippen LogP contribution in [0, 0.1) is 18.3 Å². The number of likely N-dealkylation sites (tertiary alicyclic amines) is 1. The number of rotatable bonds is 10. The molecule has 0 spiro atoms. The number of nitriles is 1. The van der Waals surface area contributed by atoms with Gasteiger partial charge in [0.15, 0.2) is 5.82 Å². The molecule has 1 aliphatic carbocycles. The average Bonchev–Trinajstić information content (AvgIpc) is 3.80. The van der Waals surface area contributed by atoms with Crippen LogP contribution in [-0.2, 0) is 23.1 Å². The number of carbonyl (C=O) groups excluding carboxylic acids is 2. The number of hydrogen-bond acceptors (Lipinski definition) is 7. The van der Waals surface area contributed by atoms with Gasteiger partial charge in [0, 0.05) is 43.5 Å². The minimum absolute atomic E-state index is 0.0709. The van der Waals surface area contributed by atoms with E-state index in [1.807, 2.05) is 31.3 Å². The van der Waals surface area contributed by atoms with E-state index >= 15 is 0 Å². The van der Waals surface area contributed by atoms with Crippen molar-refractivity contribution in [2.75, 3.05) is 27.2 Å². The lowest BCUT2D eigenvalue weighted by Gasteiger charge is -2.37. The Hall–Kier alpha value is -5.27. The van der Waals surface area contributed by atoms with Crippen LogP contribution in [0.4, 0.5) is 0 Å². The van der Waals surface area contributed by atoms with Crippen LogP contribution in [0.15, 0.2) is 67.2 Å². The highest BCUT2D eigenvalue weighted by molar-refractivity contribution is 5.94. The Bertz CT molecular complexity index is 1850. The summed E-state index contributed by atoms with van der Waals surface area (Å²) >= 11 is 0. The first-order valence-corrected chi connectivity index (χ1v) is 17.0. The molecule has 1 fully saturated rings. The second-order valence-electron chi connectivity index (χ2n) is 13.2. The highest BCUT2D eigenvalue weighted by Crippen LogP contribution is 2.47. The summed E-state index contributed by atoms with van der Waals surface area (Å²) in [6.07, 6.45) is 3.55. The van der Waals surface area contributed by atoms with E-state index in [0.717, 1.165) is 57.5 Å². The maximum absolute atomic E-state index is 13.3. The third-order valence-corrected chi connectivity index (χ3v) is 10.1. The van der Waals surface area contributed by atoms with Crippen molar-refractivity contribution < 1.29 is 9.59 Å². The number of aromatic nitrogens is 3. The summed E-state index contributed by atoms with van der Waals surface area (Å²) in [7, 11) is 3.51. The lowest BCUT2D eigenvalue weighted by molar-refractivity contribution is -0.130. The molecule has 49 heavy (non-hydrogen) atoms. The number of aromatic amines is 1. The predicted octanol–water partition coefficient (Wildman–Crippen LogP) is 4.65. The van der Waals surface area contributed by atoms with Crippen molar-refractivity contribution in [3.63, 3.8) is 0 Å². The molecule has 2 aliphatic rings. The van der Waals surface area contributed by atoms with Crippen molar-refractivity contribution in [3.8, 4) is 17.5 Å². The number of nitrogens with zero attached hydrogens (tertiary/aromatic N) is 4. The summed E-state index contributed by atoms with van der Waals surface area (Å²) in [5.74, 6) is 1.13. The Morgan fingerprint density at radius 3 is 2.35 bits per heavy atom. The Balaban J connectivity index is 1.50. The van der Waals surface area contributed by atoms with Gasteiger partial charge in [-0.15, -0.1) is 10.2 Å². The molecule has 0 radical (unpaired) electrons. The molecule has 1 saturated heterocycles. The zero-order valence-corrected chi connectivity index (χ0v) is 28.7. The molecule has 6 rings (SSSR count). The van der Waals surface area contributed by atoms with Crippen LogP contribution in [0.3, 0.4) is 0 Å². The van der Waals surface area contributed by atoms with E-state index in [9.17, 15) is 14.9 Å². The lowest BCUT2D eigenvalue weighted by atomic mass is 9.67. The zero-order valence-electron chi connectivity index (χ0n) is 28.7. The summed E-state index contributed by atoms with van der Waals surface area (Å²) in [4.78, 5) is 31.4. The summed E-state index contributed by atoms with van der Waals surface area (Å²) < 4.78 is 0. The third kappa shape index (κ3) is 6.46. The number of benzene rings is 3. The van der Waals surface area contributed by atoms with Gasteiger partial charge in [-0.2, -0.15) is 5.26 Å². The van der Waals surface area contributed by atoms with Gasteiger partial charge in [0.1, 0.15) is 11.9 Å². The lowest BCUT2D eigenvalue weighted by Crippen LogP contribution is -2.45. The largest absolute Gasteiger partial charge is 0.388 e. The average molecular weight is 657 g/mol. The second-order valence-corrected chi connectivity index (χ2v) is 13.2. The standard InChI is InChI=1S/C39H44N8O2/c1-24-8-10-27(11-9-24)36-44-38(46-45-36)39(21-25(2)43-23-35(48)47-18-6-7-32(47)22-40)33-16-14-28(26(3)41-4)19-29(33)12-13-30-20-31(37(49)42-5)15-17-34(30)39/h8-11,14-17,19-20,25,32,41,43H,3,6-7,12-13,18,21,23H2,1-2,4-5H3,(H,42,49)(H,44,45,46)/t25-,32?,39?/m1/s1. The van der Waals surface area contributed by atoms with Crippen molar-refractivity contribution in [2.24, 2.45) is 0 Å². The quantitative estimate of drug-likeness (QED) is 0.195. The molecule has 4 N–H and O–H groups in total. The number of aryl methyl sites for hydroxylation is 3. The van der Waals surface area contributed by atoms with Crippen LogP contribution in [-0.4, -0.2) is 71.2 Å². The molecular weight excluding hydrogens is 612 g/mol.